The van der Waals surface area contributed by atoms with E-state index in [2.05, 4.69) is 10.2 Å². The molecular weight excluding hydrogens is 358 g/mol. The highest BCUT2D eigenvalue weighted by molar-refractivity contribution is 5.69. The first-order valence-electron chi connectivity index (χ1n) is 10.5. The van der Waals surface area contributed by atoms with Crippen molar-refractivity contribution in [3.05, 3.63) is 0 Å². The Morgan fingerprint density at radius 3 is 1.93 bits per heavy atom. The minimum absolute atomic E-state index is 0.121. The molecule has 166 valence electrons. The molecule has 0 saturated carbocycles. The molecule has 7 nitrogen and oxygen atoms in total. The molecule has 3 N–H and O–H groups in total. The fourth-order valence-electron chi connectivity index (χ4n) is 2.66. The molecule has 28 heavy (non-hydrogen) atoms. The molecule has 0 aliphatic carbocycles. The summed E-state index contributed by atoms with van der Waals surface area (Å²) in [7, 11) is 0. The summed E-state index contributed by atoms with van der Waals surface area (Å²) in [5.74, 6) is -0.121. The van der Waals surface area contributed by atoms with E-state index in [0.29, 0.717) is 19.5 Å². The Morgan fingerprint density at radius 1 is 0.821 bits per heavy atom. The van der Waals surface area contributed by atoms with Gasteiger partial charge in [0.1, 0.15) is 11.2 Å². The number of esters is 1. The first kappa shape index (κ1) is 26.7. The fraction of sp³-hybridized carbons (Fsp3) is 0.905. The standard InChI is InChI=1S/C21H43N3O4/c1-20(2,3)27-18(25)12-8-7-10-15-24(17-13-22)16-11-9-14-23-19(26)28-21(4,5)6/h7-17,22H2,1-6H3,(H,23,26). The summed E-state index contributed by atoms with van der Waals surface area (Å²) in [5.41, 5.74) is 4.83. The van der Waals surface area contributed by atoms with Crippen LogP contribution >= 0.6 is 0 Å². The topological polar surface area (TPSA) is 93.9 Å². The number of carbonyl (C=O) groups is 2. The summed E-state index contributed by atoms with van der Waals surface area (Å²) >= 11 is 0. The molecule has 0 rings (SSSR count). The van der Waals surface area contributed by atoms with Crippen LogP contribution in [0, 0.1) is 0 Å². The maximum atomic E-state index is 11.7. The number of unbranched alkanes of at least 4 members (excludes halogenated alkanes) is 3. The molecule has 0 unspecified atom stereocenters. The summed E-state index contributed by atoms with van der Waals surface area (Å²) in [6.45, 7) is 15.3. The highest BCUT2D eigenvalue weighted by atomic mass is 16.6. The fourth-order valence-corrected chi connectivity index (χ4v) is 2.66. The number of ether oxygens (including phenoxy) is 2. The van der Waals surface area contributed by atoms with E-state index in [1.807, 2.05) is 41.5 Å². The Balaban J connectivity index is 3.83. The van der Waals surface area contributed by atoms with Gasteiger partial charge in [0.05, 0.1) is 0 Å². The van der Waals surface area contributed by atoms with Crippen LogP contribution in [0.5, 0.6) is 0 Å². The van der Waals surface area contributed by atoms with Crippen LogP contribution in [0.25, 0.3) is 0 Å². The van der Waals surface area contributed by atoms with E-state index in [9.17, 15) is 9.59 Å². The van der Waals surface area contributed by atoms with E-state index in [1.54, 1.807) is 0 Å². The molecule has 0 bridgehead atoms. The number of nitrogens with one attached hydrogen (secondary N) is 1. The van der Waals surface area contributed by atoms with E-state index in [0.717, 1.165) is 51.7 Å². The van der Waals surface area contributed by atoms with Gasteiger partial charge in [-0.05, 0) is 80.3 Å². The Hall–Kier alpha value is -1.34. The average Bonchev–Trinajstić information content (AvgIpc) is 2.50. The van der Waals surface area contributed by atoms with Gasteiger partial charge in [0.2, 0.25) is 0 Å². The second-order valence-corrected chi connectivity index (χ2v) is 9.16. The predicted octanol–water partition coefficient (Wildman–Crippen LogP) is 3.45. The average molecular weight is 402 g/mol. The summed E-state index contributed by atoms with van der Waals surface area (Å²) < 4.78 is 10.5. The molecule has 0 atom stereocenters. The monoisotopic (exact) mass is 401 g/mol. The Kier molecular flexibility index (Phi) is 13.1. The number of carbonyl (C=O) groups excluding carboxylic acids is 2. The zero-order chi connectivity index (χ0) is 21.6. The summed E-state index contributed by atoms with van der Waals surface area (Å²) in [6.07, 6.45) is 4.90. The summed E-state index contributed by atoms with van der Waals surface area (Å²) in [4.78, 5) is 25.6. The van der Waals surface area contributed by atoms with Crippen LogP contribution in [0.2, 0.25) is 0 Å². The lowest BCUT2D eigenvalue weighted by Gasteiger charge is -2.22. The molecule has 1 amide bonds. The van der Waals surface area contributed by atoms with Crippen molar-refractivity contribution in [2.45, 2.75) is 91.3 Å². The van der Waals surface area contributed by atoms with Crippen molar-refractivity contribution < 1.29 is 19.1 Å². The van der Waals surface area contributed by atoms with E-state index in [1.165, 1.54) is 0 Å². The zero-order valence-electron chi connectivity index (χ0n) is 18.9. The van der Waals surface area contributed by atoms with E-state index in [-0.39, 0.29) is 12.1 Å². The lowest BCUT2D eigenvalue weighted by Crippen LogP contribution is -2.34. The van der Waals surface area contributed by atoms with Gasteiger partial charge in [-0.2, -0.15) is 0 Å². The molecule has 0 radical (unpaired) electrons. The van der Waals surface area contributed by atoms with Crippen molar-refractivity contribution in [3.8, 4) is 0 Å². The van der Waals surface area contributed by atoms with Gasteiger partial charge >= 0.3 is 12.1 Å². The smallest absolute Gasteiger partial charge is 0.407 e. The largest absolute Gasteiger partial charge is 0.460 e. The van der Waals surface area contributed by atoms with Crippen molar-refractivity contribution >= 4 is 12.1 Å². The molecule has 0 aromatic carbocycles. The maximum absolute atomic E-state index is 11.7. The van der Waals surface area contributed by atoms with E-state index in [4.69, 9.17) is 15.2 Å². The van der Waals surface area contributed by atoms with Crippen LogP contribution in [-0.4, -0.2) is 60.9 Å². The van der Waals surface area contributed by atoms with Crippen molar-refractivity contribution in [2.75, 3.05) is 32.7 Å². The highest BCUT2D eigenvalue weighted by Crippen LogP contribution is 2.11. The van der Waals surface area contributed by atoms with Gasteiger partial charge in [0.25, 0.3) is 0 Å². The third kappa shape index (κ3) is 18.0. The number of hydrogen-bond acceptors (Lipinski definition) is 6. The van der Waals surface area contributed by atoms with Crippen LogP contribution in [-0.2, 0) is 14.3 Å². The number of alkyl carbamates (subject to hydrolysis) is 1. The van der Waals surface area contributed by atoms with Gasteiger partial charge in [-0.1, -0.05) is 6.42 Å². The van der Waals surface area contributed by atoms with Gasteiger partial charge in [-0.25, -0.2) is 4.79 Å². The molecule has 0 aliphatic rings. The summed E-state index contributed by atoms with van der Waals surface area (Å²) in [6, 6.07) is 0. The van der Waals surface area contributed by atoms with Crippen molar-refractivity contribution in [3.63, 3.8) is 0 Å². The molecule has 0 aliphatic heterocycles. The summed E-state index contributed by atoms with van der Waals surface area (Å²) in [5, 5.41) is 2.78. The number of amides is 1. The minimum Gasteiger partial charge on any atom is -0.460 e. The molecule has 0 aromatic rings. The number of rotatable bonds is 13. The Bertz CT molecular complexity index is 404. The second kappa shape index (κ2) is 13.8. The van der Waals surface area contributed by atoms with Crippen LogP contribution < -0.4 is 11.1 Å². The minimum atomic E-state index is -0.467. The second-order valence-electron chi connectivity index (χ2n) is 9.16. The van der Waals surface area contributed by atoms with Crippen molar-refractivity contribution in [1.82, 2.24) is 10.2 Å². The molecule has 0 heterocycles. The third-order valence-corrected chi connectivity index (χ3v) is 3.79. The molecule has 0 saturated heterocycles. The predicted molar refractivity (Wildman–Crippen MR) is 113 cm³/mol. The van der Waals surface area contributed by atoms with Gasteiger partial charge in [-0.15, -0.1) is 0 Å². The Morgan fingerprint density at radius 2 is 1.39 bits per heavy atom. The first-order valence-corrected chi connectivity index (χ1v) is 10.5. The SMILES string of the molecule is CC(C)(C)OC(=O)CCCCCN(CCN)CCCCNC(=O)OC(C)(C)C. The van der Waals surface area contributed by atoms with Gasteiger partial charge in [0.15, 0.2) is 0 Å². The van der Waals surface area contributed by atoms with Crippen LogP contribution in [0.15, 0.2) is 0 Å². The lowest BCUT2D eigenvalue weighted by atomic mass is 10.1. The quantitative estimate of drug-likeness (QED) is 0.363. The number of hydrogen-bond donors (Lipinski definition) is 2. The van der Waals surface area contributed by atoms with E-state index < -0.39 is 11.2 Å². The normalized spacial score (nSPS) is 12.1. The Labute approximate surface area is 171 Å². The van der Waals surface area contributed by atoms with Crippen molar-refractivity contribution in [1.29, 1.82) is 0 Å². The van der Waals surface area contributed by atoms with Crippen LogP contribution in [0.1, 0.15) is 80.1 Å². The van der Waals surface area contributed by atoms with Crippen LogP contribution in [0.3, 0.4) is 0 Å². The zero-order valence-corrected chi connectivity index (χ0v) is 18.9. The molecule has 0 fully saturated rings. The first-order chi connectivity index (χ1) is 12.9. The molecule has 7 heteroatoms. The van der Waals surface area contributed by atoms with Gasteiger partial charge < -0.3 is 25.4 Å². The van der Waals surface area contributed by atoms with Crippen LogP contribution in [0.4, 0.5) is 4.79 Å². The van der Waals surface area contributed by atoms with Gasteiger partial charge in [0, 0.05) is 26.1 Å². The highest BCUT2D eigenvalue weighted by Gasteiger charge is 2.16. The number of nitrogens with zero attached hydrogens (tertiary/aromatic N) is 1. The molecule has 0 aromatic heterocycles. The maximum Gasteiger partial charge on any atom is 0.407 e. The third-order valence-electron chi connectivity index (χ3n) is 3.79. The number of nitrogens with two attached hydrogens (primary N) is 1. The van der Waals surface area contributed by atoms with Gasteiger partial charge in [-0.3, -0.25) is 4.79 Å². The van der Waals surface area contributed by atoms with Crippen molar-refractivity contribution in [2.24, 2.45) is 5.73 Å². The van der Waals surface area contributed by atoms with E-state index >= 15 is 0 Å². The lowest BCUT2D eigenvalue weighted by molar-refractivity contribution is -0.154. The molecular formula is C21H43N3O4. The molecule has 0 spiro atoms.